The van der Waals surface area contributed by atoms with Crippen molar-refractivity contribution >= 4 is 27.5 Å². The van der Waals surface area contributed by atoms with E-state index >= 15 is 0 Å². The standard InChI is InChI=1S/C31H38FN3O5S/c1-7-40-28-15-11-10-14-27(28)35(41(38,39)25-18-16-22(2)17-19-25)21-29(36)34(20-24-12-8-9-13-26(24)32)23(3)30(37)33-31(4,5)6/h8-19,23H,7,20-21H2,1-6H3,(H,33,37)/t23-/m1/s1. The van der Waals surface area contributed by atoms with Gasteiger partial charge in [0, 0.05) is 17.6 Å². The van der Waals surface area contributed by atoms with Crippen LogP contribution in [0.25, 0.3) is 0 Å². The lowest BCUT2D eigenvalue weighted by atomic mass is 10.1. The maximum atomic E-state index is 14.7. The second-order valence-corrected chi connectivity index (χ2v) is 12.6. The first-order chi connectivity index (χ1) is 19.2. The molecule has 0 saturated heterocycles. The zero-order valence-corrected chi connectivity index (χ0v) is 25.2. The molecule has 0 unspecified atom stereocenters. The first kappa shape index (κ1) is 31.6. The molecule has 0 aromatic heterocycles. The maximum Gasteiger partial charge on any atom is 0.264 e. The lowest BCUT2D eigenvalue weighted by molar-refractivity contribution is -0.140. The summed E-state index contributed by atoms with van der Waals surface area (Å²) >= 11 is 0. The zero-order valence-electron chi connectivity index (χ0n) is 24.3. The first-order valence-electron chi connectivity index (χ1n) is 13.4. The number of halogens is 1. The highest BCUT2D eigenvalue weighted by Crippen LogP contribution is 2.33. The van der Waals surface area contributed by atoms with Crippen molar-refractivity contribution in [1.82, 2.24) is 10.2 Å². The van der Waals surface area contributed by atoms with Crippen molar-refractivity contribution in [2.24, 2.45) is 0 Å². The summed E-state index contributed by atoms with van der Waals surface area (Å²) in [5.41, 5.74) is 0.644. The average Bonchev–Trinajstić information content (AvgIpc) is 2.90. The van der Waals surface area contributed by atoms with Crippen LogP contribution in [0.3, 0.4) is 0 Å². The van der Waals surface area contributed by atoms with Gasteiger partial charge in [-0.3, -0.25) is 13.9 Å². The second kappa shape index (κ2) is 13.2. The summed E-state index contributed by atoms with van der Waals surface area (Å²) in [6.07, 6.45) is 0. The molecule has 1 atom stereocenters. The molecular weight excluding hydrogens is 545 g/mol. The van der Waals surface area contributed by atoms with Gasteiger partial charge >= 0.3 is 0 Å². The molecule has 10 heteroatoms. The van der Waals surface area contributed by atoms with Gasteiger partial charge in [-0.25, -0.2) is 12.8 Å². The van der Waals surface area contributed by atoms with E-state index in [0.29, 0.717) is 0 Å². The van der Waals surface area contributed by atoms with E-state index in [-0.39, 0.29) is 35.0 Å². The molecule has 220 valence electrons. The van der Waals surface area contributed by atoms with Gasteiger partial charge in [-0.15, -0.1) is 0 Å². The van der Waals surface area contributed by atoms with E-state index in [1.165, 1.54) is 42.2 Å². The van der Waals surface area contributed by atoms with Crippen molar-refractivity contribution in [2.45, 2.75) is 64.6 Å². The molecule has 3 rings (SSSR count). The maximum absolute atomic E-state index is 14.7. The van der Waals surface area contributed by atoms with Gasteiger partial charge in [-0.2, -0.15) is 0 Å². The fourth-order valence-electron chi connectivity index (χ4n) is 4.16. The summed E-state index contributed by atoms with van der Waals surface area (Å²) in [6, 6.07) is 17.7. The Morgan fingerprint density at radius 3 is 2.20 bits per heavy atom. The van der Waals surface area contributed by atoms with Crippen LogP contribution in [0, 0.1) is 12.7 Å². The number of para-hydroxylation sites is 2. The van der Waals surface area contributed by atoms with Crippen LogP contribution in [0.4, 0.5) is 10.1 Å². The molecule has 3 aromatic rings. The fraction of sp³-hybridized carbons (Fsp3) is 0.355. The van der Waals surface area contributed by atoms with Crippen LogP contribution in [0.15, 0.2) is 77.7 Å². The van der Waals surface area contributed by atoms with Crippen LogP contribution in [-0.4, -0.2) is 49.9 Å². The predicted octanol–water partition coefficient (Wildman–Crippen LogP) is 5.06. The largest absolute Gasteiger partial charge is 0.492 e. The Bertz CT molecular complexity index is 1470. The van der Waals surface area contributed by atoms with E-state index in [1.807, 2.05) is 6.92 Å². The van der Waals surface area contributed by atoms with Gasteiger partial charge < -0.3 is 15.0 Å². The van der Waals surface area contributed by atoms with Gasteiger partial charge in [0.1, 0.15) is 24.2 Å². The smallest absolute Gasteiger partial charge is 0.264 e. The number of hydrogen-bond donors (Lipinski definition) is 1. The molecule has 2 amide bonds. The van der Waals surface area contributed by atoms with Crippen LogP contribution in [0.1, 0.15) is 45.7 Å². The Labute approximate surface area is 242 Å². The van der Waals surface area contributed by atoms with Crippen LogP contribution in [0.5, 0.6) is 5.75 Å². The number of carbonyl (C=O) groups excluding carboxylic acids is 2. The number of rotatable bonds is 11. The van der Waals surface area contributed by atoms with Crippen molar-refractivity contribution < 1.29 is 27.1 Å². The molecule has 1 N–H and O–H groups in total. The second-order valence-electron chi connectivity index (χ2n) is 10.8. The number of anilines is 1. The molecular formula is C31H38FN3O5S. The Kier molecular flexibility index (Phi) is 10.1. The molecule has 0 aliphatic carbocycles. The number of carbonyl (C=O) groups is 2. The van der Waals surface area contributed by atoms with Gasteiger partial charge in [0.2, 0.25) is 11.8 Å². The van der Waals surface area contributed by atoms with Gasteiger partial charge in [0.25, 0.3) is 10.0 Å². The number of nitrogens with one attached hydrogen (secondary N) is 1. The monoisotopic (exact) mass is 583 g/mol. The third-order valence-corrected chi connectivity index (χ3v) is 8.06. The van der Waals surface area contributed by atoms with Gasteiger partial charge in [0.05, 0.1) is 17.2 Å². The number of nitrogens with zero attached hydrogens (tertiary/aromatic N) is 2. The van der Waals surface area contributed by atoms with Gasteiger partial charge in [0.15, 0.2) is 0 Å². The minimum absolute atomic E-state index is 0.0126. The highest BCUT2D eigenvalue weighted by atomic mass is 32.2. The van der Waals surface area contributed by atoms with E-state index < -0.39 is 45.8 Å². The molecule has 0 aliphatic heterocycles. The minimum atomic E-state index is -4.26. The number of ether oxygens (including phenoxy) is 1. The quantitative estimate of drug-likeness (QED) is 0.341. The lowest BCUT2D eigenvalue weighted by Crippen LogP contribution is -2.54. The van der Waals surface area contributed by atoms with Crippen molar-refractivity contribution in [1.29, 1.82) is 0 Å². The van der Waals surface area contributed by atoms with Crippen molar-refractivity contribution in [2.75, 3.05) is 17.5 Å². The Balaban J connectivity index is 2.10. The van der Waals surface area contributed by atoms with Crippen LogP contribution in [-0.2, 0) is 26.2 Å². The third-order valence-electron chi connectivity index (χ3n) is 6.29. The molecule has 0 saturated carbocycles. The topological polar surface area (TPSA) is 96.0 Å². The SMILES string of the molecule is CCOc1ccccc1N(CC(=O)N(Cc1ccccc1F)[C@H](C)C(=O)NC(C)(C)C)S(=O)(=O)c1ccc(C)cc1. The molecule has 0 bridgehead atoms. The molecule has 41 heavy (non-hydrogen) atoms. The molecule has 0 aliphatic rings. The molecule has 0 heterocycles. The Morgan fingerprint density at radius 1 is 0.976 bits per heavy atom. The molecule has 0 spiro atoms. The highest BCUT2D eigenvalue weighted by Gasteiger charge is 2.34. The highest BCUT2D eigenvalue weighted by molar-refractivity contribution is 7.92. The molecule has 8 nitrogen and oxygen atoms in total. The molecule has 0 radical (unpaired) electrons. The first-order valence-corrected chi connectivity index (χ1v) is 14.8. The average molecular weight is 584 g/mol. The lowest BCUT2D eigenvalue weighted by Gasteiger charge is -2.33. The predicted molar refractivity (Wildman–Crippen MR) is 158 cm³/mol. The van der Waals surface area contributed by atoms with Gasteiger partial charge in [-0.1, -0.05) is 48.0 Å². The molecule has 0 fully saturated rings. The fourth-order valence-corrected chi connectivity index (χ4v) is 5.58. The zero-order chi connectivity index (χ0) is 30.4. The van der Waals surface area contributed by atoms with E-state index in [9.17, 15) is 22.4 Å². The summed E-state index contributed by atoms with van der Waals surface area (Å²) < 4.78 is 49.4. The Hall–Kier alpha value is -3.92. The van der Waals surface area contributed by atoms with Crippen LogP contribution in [0.2, 0.25) is 0 Å². The van der Waals surface area contributed by atoms with E-state index in [1.54, 1.807) is 70.2 Å². The van der Waals surface area contributed by atoms with E-state index in [0.717, 1.165) is 9.87 Å². The summed E-state index contributed by atoms with van der Waals surface area (Å²) in [5.74, 6) is -1.41. The number of benzene rings is 3. The van der Waals surface area contributed by atoms with E-state index in [4.69, 9.17) is 4.74 Å². The van der Waals surface area contributed by atoms with Crippen molar-refractivity contribution in [3.8, 4) is 5.75 Å². The van der Waals surface area contributed by atoms with Gasteiger partial charge in [-0.05, 0) is 71.9 Å². The number of sulfonamides is 1. The normalized spacial score (nSPS) is 12.4. The minimum Gasteiger partial charge on any atom is -0.492 e. The summed E-state index contributed by atoms with van der Waals surface area (Å²) in [6.45, 7) is 9.94. The summed E-state index contributed by atoms with van der Waals surface area (Å²) in [4.78, 5) is 28.4. The van der Waals surface area contributed by atoms with Crippen LogP contribution >= 0.6 is 0 Å². The van der Waals surface area contributed by atoms with Crippen molar-refractivity contribution in [3.05, 3.63) is 89.7 Å². The number of hydrogen-bond acceptors (Lipinski definition) is 5. The van der Waals surface area contributed by atoms with Crippen molar-refractivity contribution in [3.63, 3.8) is 0 Å². The number of aryl methyl sites for hydroxylation is 1. The Morgan fingerprint density at radius 2 is 1.59 bits per heavy atom. The third kappa shape index (κ3) is 8.07. The van der Waals surface area contributed by atoms with Crippen LogP contribution < -0.4 is 14.4 Å². The number of amides is 2. The molecule has 3 aromatic carbocycles. The summed E-state index contributed by atoms with van der Waals surface area (Å²) in [7, 11) is -4.26. The summed E-state index contributed by atoms with van der Waals surface area (Å²) in [5, 5.41) is 2.85. The van der Waals surface area contributed by atoms with E-state index in [2.05, 4.69) is 5.32 Å².